The molecule has 1 aliphatic heterocycles. The maximum Gasteiger partial charge on any atom is 0.573 e. The smallest absolute Gasteiger partial charge is 0.485 e. The molecule has 0 N–H and O–H groups in total. The van der Waals surface area contributed by atoms with Crippen LogP contribution in [0, 0.1) is 4.77 Å². The summed E-state index contributed by atoms with van der Waals surface area (Å²) in [6.07, 6.45) is -5.20. The lowest BCUT2D eigenvalue weighted by Crippen LogP contribution is -2.25. The maximum atomic E-state index is 12.7. The number of ether oxygens (including phenoxy) is 3. The van der Waals surface area contributed by atoms with Crippen LogP contribution in [0.3, 0.4) is 0 Å². The third-order valence-electron chi connectivity index (χ3n) is 4.89. The van der Waals surface area contributed by atoms with Gasteiger partial charge in [0, 0.05) is 19.2 Å². The lowest BCUT2D eigenvalue weighted by molar-refractivity contribution is -0.275. The van der Waals surface area contributed by atoms with Gasteiger partial charge >= 0.3 is 6.36 Å². The number of para-hydroxylation sites is 3. The minimum Gasteiger partial charge on any atom is -0.485 e. The molecule has 1 unspecified atom stereocenters. The van der Waals surface area contributed by atoms with Gasteiger partial charge in [0.1, 0.15) is 12.4 Å². The topological polar surface area (TPSA) is 53.7 Å². The largest absolute Gasteiger partial charge is 0.573 e. The Kier molecular flexibility index (Phi) is 6.11. The van der Waals surface area contributed by atoms with Gasteiger partial charge in [-0.15, -0.1) is 13.2 Å². The average Bonchev–Trinajstić information content (AvgIpc) is 3.02. The summed E-state index contributed by atoms with van der Waals surface area (Å²) in [5.74, 6) is 1.66. The first kappa shape index (κ1) is 22.2. The number of nitrogens with zero attached hydrogens (tertiary/aromatic N) is 4. The van der Waals surface area contributed by atoms with E-state index >= 15 is 0 Å². The summed E-state index contributed by atoms with van der Waals surface area (Å²) < 4.78 is 57.8. The third-order valence-corrected chi connectivity index (χ3v) is 5.37. The molecule has 1 atom stereocenters. The number of hydrogen-bond acceptors (Lipinski definition) is 6. The molecule has 0 aliphatic carbocycles. The van der Waals surface area contributed by atoms with Crippen LogP contribution in [0.2, 0.25) is 0 Å². The van der Waals surface area contributed by atoms with E-state index in [1.165, 1.54) is 12.1 Å². The second-order valence-electron chi connectivity index (χ2n) is 7.37. The van der Waals surface area contributed by atoms with Crippen molar-refractivity contribution < 1.29 is 27.4 Å². The van der Waals surface area contributed by atoms with Gasteiger partial charge in [0.2, 0.25) is 0 Å². The summed E-state index contributed by atoms with van der Waals surface area (Å²) in [5.41, 5.74) is 0.399. The molecule has 2 heterocycles. The number of benzene rings is 2. The molecule has 0 saturated heterocycles. The Hall–Kier alpha value is -3.05. The Morgan fingerprint density at radius 3 is 2.59 bits per heavy atom. The van der Waals surface area contributed by atoms with Crippen LogP contribution >= 0.6 is 12.2 Å². The lowest BCUT2D eigenvalue weighted by Gasteiger charge is -2.25. The Labute approximate surface area is 187 Å². The van der Waals surface area contributed by atoms with E-state index in [2.05, 4.69) is 9.84 Å². The Morgan fingerprint density at radius 1 is 1.16 bits per heavy atom. The molecule has 170 valence electrons. The Balaban J connectivity index is 1.49. The first-order chi connectivity index (χ1) is 15.2. The van der Waals surface area contributed by atoms with E-state index in [1.807, 2.05) is 24.3 Å². The highest BCUT2D eigenvalue weighted by atomic mass is 32.1. The van der Waals surface area contributed by atoms with Gasteiger partial charge in [-0.05, 0) is 37.5 Å². The standard InChI is InChI=1S/C21H21F3N4O3S/c1-26(11-14-7-3-4-8-15(14)31-21(22,23)24)13-28-20(32)27(2)19(25-28)18-12-29-16-9-5-6-10-17(16)30-18/h3-10,18H,11-13H2,1-2H3. The fourth-order valence-electron chi connectivity index (χ4n) is 3.45. The lowest BCUT2D eigenvalue weighted by atomic mass is 10.2. The second-order valence-corrected chi connectivity index (χ2v) is 7.74. The van der Waals surface area contributed by atoms with Crippen LogP contribution in [0.15, 0.2) is 48.5 Å². The first-order valence-electron chi connectivity index (χ1n) is 9.75. The van der Waals surface area contributed by atoms with E-state index in [9.17, 15) is 13.2 Å². The zero-order valence-corrected chi connectivity index (χ0v) is 18.2. The van der Waals surface area contributed by atoms with Crippen molar-refractivity contribution in [2.75, 3.05) is 13.7 Å². The molecular weight excluding hydrogens is 445 g/mol. The van der Waals surface area contributed by atoms with E-state index in [-0.39, 0.29) is 25.6 Å². The number of hydrogen-bond donors (Lipinski definition) is 0. The van der Waals surface area contributed by atoms with E-state index in [0.29, 0.717) is 27.7 Å². The van der Waals surface area contributed by atoms with Crippen molar-refractivity contribution in [3.8, 4) is 17.2 Å². The van der Waals surface area contributed by atoms with Crippen LogP contribution in [0.5, 0.6) is 17.2 Å². The quantitative estimate of drug-likeness (QED) is 0.501. The van der Waals surface area contributed by atoms with Crippen molar-refractivity contribution in [2.24, 2.45) is 7.05 Å². The van der Waals surface area contributed by atoms with Gasteiger partial charge in [-0.25, -0.2) is 4.68 Å². The molecule has 3 aromatic rings. The van der Waals surface area contributed by atoms with Crippen molar-refractivity contribution in [1.82, 2.24) is 19.2 Å². The second kappa shape index (κ2) is 8.83. The Morgan fingerprint density at radius 2 is 1.84 bits per heavy atom. The highest BCUT2D eigenvalue weighted by molar-refractivity contribution is 7.71. The number of fused-ring (bicyclic) bond motifs is 1. The summed E-state index contributed by atoms with van der Waals surface area (Å²) in [5, 5.41) is 4.59. The van der Waals surface area contributed by atoms with Gasteiger partial charge < -0.3 is 18.8 Å². The van der Waals surface area contributed by atoms with E-state index < -0.39 is 12.5 Å². The summed E-state index contributed by atoms with van der Waals surface area (Å²) in [4.78, 5) is 1.79. The van der Waals surface area contributed by atoms with Crippen molar-refractivity contribution in [3.05, 3.63) is 64.7 Å². The molecule has 11 heteroatoms. The molecule has 0 fully saturated rings. The van der Waals surface area contributed by atoms with Crippen molar-refractivity contribution in [2.45, 2.75) is 25.7 Å². The van der Waals surface area contributed by atoms with Crippen LogP contribution in [-0.4, -0.2) is 39.3 Å². The summed E-state index contributed by atoms with van der Waals surface area (Å²) >= 11 is 5.51. The number of aromatic nitrogens is 3. The molecule has 0 bridgehead atoms. The fourth-order valence-corrected chi connectivity index (χ4v) is 3.64. The summed E-state index contributed by atoms with van der Waals surface area (Å²) in [6.45, 7) is 0.752. The van der Waals surface area contributed by atoms with Crippen LogP contribution in [0.25, 0.3) is 0 Å². The highest BCUT2D eigenvalue weighted by Gasteiger charge is 2.32. The zero-order chi connectivity index (χ0) is 22.9. The van der Waals surface area contributed by atoms with Crippen molar-refractivity contribution >= 4 is 12.2 Å². The van der Waals surface area contributed by atoms with E-state index in [0.717, 1.165) is 0 Å². The monoisotopic (exact) mass is 466 g/mol. The predicted octanol–water partition coefficient (Wildman–Crippen LogP) is 4.45. The minimum absolute atomic E-state index is 0.205. The molecule has 2 aromatic carbocycles. The highest BCUT2D eigenvalue weighted by Crippen LogP contribution is 2.35. The fraction of sp³-hybridized carbons (Fsp3) is 0.333. The van der Waals surface area contributed by atoms with Gasteiger partial charge in [-0.1, -0.05) is 30.3 Å². The summed E-state index contributed by atoms with van der Waals surface area (Å²) in [6, 6.07) is 13.4. The van der Waals surface area contributed by atoms with Gasteiger partial charge in [-0.3, -0.25) is 4.90 Å². The van der Waals surface area contributed by atoms with Crippen molar-refractivity contribution in [3.63, 3.8) is 0 Å². The molecule has 32 heavy (non-hydrogen) atoms. The van der Waals surface area contributed by atoms with Gasteiger partial charge in [0.15, 0.2) is 28.2 Å². The molecule has 1 aromatic heterocycles. The average molecular weight is 466 g/mol. The molecule has 0 spiro atoms. The molecule has 4 rings (SSSR count). The molecule has 0 amide bonds. The van der Waals surface area contributed by atoms with Gasteiger partial charge in [0.25, 0.3) is 0 Å². The van der Waals surface area contributed by atoms with Gasteiger partial charge in [0.05, 0.1) is 6.67 Å². The van der Waals surface area contributed by atoms with E-state index in [4.69, 9.17) is 21.7 Å². The first-order valence-corrected chi connectivity index (χ1v) is 10.2. The van der Waals surface area contributed by atoms with Crippen LogP contribution < -0.4 is 14.2 Å². The minimum atomic E-state index is -4.76. The molecule has 1 aliphatic rings. The zero-order valence-electron chi connectivity index (χ0n) is 17.4. The van der Waals surface area contributed by atoms with Crippen molar-refractivity contribution in [1.29, 1.82) is 0 Å². The van der Waals surface area contributed by atoms with Crippen LogP contribution in [-0.2, 0) is 20.3 Å². The Bertz CT molecular complexity index is 1160. The molecule has 0 radical (unpaired) electrons. The number of alkyl halides is 3. The molecule has 7 nitrogen and oxygen atoms in total. The number of halogens is 3. The molecular formula is C21H21F3N4O3S. The normalized spacial score (nSPS) is 15.8. The van der Waals surface area contributed by atoms with Crippen LogP contribution in [0.1, 0.15) is 17.5 Å². The number of rotatable bonds is 6. The third kappa shape index (κ3) is 4.89. The van der Waals surface area contributed by atoms with Gasteiger partial charge in [-0.2, -0.15) is 5.10 Å². The van der Waals surface area contributed by atoms with E-state index in [1.54, 1.807) is 40.4 Å². The maximum absolute atomic E-state index is 12.7. The SMILES string of the molecule is CN(Cc1ccccc1OC(F)(F)F)Cn1nc(C2COc3ccccc3O2)n(C)c1=S. The summed E-state index contributed by atoms with van der Waals surface area (Å²) in [7, 11) is 3.55. The van der Waals surface area contributed by atoms with Crippen LogP contribution in [0.4, 0.5) is 13.2 Å². The molecule has 0 saturated carbocycles. The predicted molar refractivity (Wildman–Crippen MR) is 112 cm³/mol.